The van der Waals surface area contributed by atoms with Crippen LogP contribution in [0.25, 0.3) is 21.7 Å². The summed E-state index contributed by atoms with van der Waals surface area (Å²) in [5, 5.41) is 24.7. The Balaban J connectivity index is 0.00000448. The molecule has 0 spiro atoms. The molecule has 5 aromatic rings. The number of hydrogen-bond acceptors (Lipinski definition) is 17. The van der Waals surface area contributed by atoms with E-state index in [0.29, 0.717) is 43.2 Å². The molecule has 2 aliphatic heterocycles. The van der Waals surface area contributed by atoms with Gasteiger partial charge in [0.2, 0.25) is 29.5 Å². The molecule has 22 nitrogen and oxygen atoms in total. The summed E-state index contributed by atoms with van der Waals surface area (Å²) < 4.78 is 11.0. The zero-order chi connectivity index (χ0) is 54.4. The second kappa shape index (κ2) is 30.7. The van der Waals surface area contributed by atoms with Gasteiger partial charge in [0, 0.05) is 70.3 Å². The molecule has 428 valence electrons. The number of aromatic nitrogens is 4. The number of hydrogen-bond donors (Lipinski definition) is 8. The minimum absolute atomic E-state index is 0. The van der Waals surface area contributed by atoms with E-state index in [0.717, 1.165) is 32.9 Å². The van der Waals surface area contributed by atoms with Gasteiger partial charge in [-0.2, -0.15) is 0 Å². The molecular weight excluding hydrogens is 1100 g/mol. The van der Waals surface area contributed by atoms with Crippen molar-refractivity contribution in [1.29, 1.82) is 0 Å². The molecular formula is C53H70Cl3N13O9S. The third-order valence-corrected chi connectivity index (χ3v) is 13.9. The number of nitrogens with zero attached hydrogens (tertiary/aromatic N) is 6. The van der Waals surface area contributed by atoms with Crippen LogP contribution in [0.5, 0.6) is 0 Å². The lowest BCUT2D eigenvalue weighted by molar-refractivity contribution is -0.144. The topological polar surface area (TPSA) is 311 Å². The zero-order valence-electron chi connectivity index (χ0n) is 44.4. The van der Waals surface area contributed by atoms with Gasteiger partial charge in [0.1, 0.15) is 12.1 Å². The van der Waals surface area contributed by atoms with Gasteiger partial charge in [0.25, 0.3) is 5.91 Å². The molecule has 4 atom stereocenters. The number of β-amino-alcohol motifs (C(OH)–C–C–N with tert-alkyl or cyclic N) is 1. The highest BCUT2D eigenvalue weighted by molar-refractivity contribution is 7.13. The van der Waals surface area contributed by atoms with E-state index in [-0.39, 0.29) is 120 Å². The summed E-state index contributed by atoms with van der Waals surface area (Å²) in [6.07, 6.45) is 3.89. The predicted molar refractivity (Wildman–Crippen MR) is 308 cm³/mol. The summed E-state index contributed by atoms with van der Waals surface area (Å²) in [6, 6.07) is 13.9. The molecule has 0 radical (unpaired) electrons. The van der Waals surface area contributed by atoms with Crippen LogP contribution in [-0.4, -0.2) is 142 Å². The number of nitrogens with two attached hydrogens (primary N) is 2. The van der Waals surface area contributed by atoms with Gasteiger partial charge in [-0.25, -0.2) is 15.0 Å². The number of pyridine rings is 1. The van der Waals surface area contributed by atoms with Gasteiger partial charge in [0.15, 0.2) is 11.5 Å². The highest BCUT2D eigenvalue weighted by Crippen LogP contribution is 2.30. The molecule has 0 aliphatic carbocycles. The second-order valence-electron chi connectivity index (χ2n) is 19.7. The molecule has 0 unspecified atom stereocenters. The number of aliphatic hydroxyl groups excluding tert-OH is 1. The number of rotatable bonds is 22. The Morgan fingerprint density at radius 3 is 2.19 bits per heavy atom. The first-order valence-corrected chi connectivity index (χ1v) is 26.1. The van der Waals surface area contributed by atoms with Crippen LogP contribution in [-0.2, 0) is 46.5 Å². The van der Waals surface area contributed by atoms with Crippen molar-refractivity contribution < 1.29 is 43.3 Å². The Labute approximate surface area is 481 Å². The molecule has 26 heteroatoms. The number of amides is 6. The first-order valence-electron chi connectivity index (χ1n) is 25.2. The maximum Gasteiger partial charge on any atom is 0.278 e. The van der Waals surface area contributed by atoms with E-state index in [4.69, 9.17) is 20.9 Å². The fourth-order valence-electron chi connectivity index (χ4n) is 8.61. The number of thiazole rings is 1. The second-order valence-corrected chi connectivity index (χ2v) is 20.5. The van der Waals surface area contributed by atoms with Crippen LogP contribution in [0, 0.1) is 12.3 Å². The van der Waals surface area contributed by atoms with Crippen LogP contribution in [0.2, 0.25) is 0 Å². The lowest BCUT2D eigenvalue weighted by Gasteiger charge is -2.35. The molecule has 10 N–H and O–H groups in total. The van der Waals surface area contributed by atoms with Gasteiger partial charge < -0.3 is 62.4 Å². The quantitative estimate of drug-likeness (QED) is 0.0455. The van der Waals surface area contributed by atoms with Gasteiger partial charge in [-0.1, -0.05) is 69.3 Å². The van der Waals surface area contributed by atoms with Gasteiger partial charge in [-0.05, 0) is 41.5 Å². The Morgan fingerprint density at radius 2 is 1.53 bits per heavy atom. The average Bonchev–Trinajstić information content (AvgIpc) is 4.06. The summed E-state index contributed by atoms with van der Waals surface area (Å²) in [4.78, 5) is 101. The fraction of sp³-hybridized carbons (Fsp3) is 0.434. The Bertz CT molecular complexity index is 2840. The Hall–Kier alpha value is -6.57. The number of carbonyl (C=O) groups is 6. The van der Waals surface area contributed by atoms with Crippen LogP contribution in [0.15, 0.2) is 78.7 Å². The molecule has 2 saturated heterocycles. The van der Waals surface area contributed by atoms with Crippen molar-refractivity contribution in [3.63, 3.8) is 0 Å². The number of morpholine rings is 1. The number of nitrogen functional groups attached to an aromatic ring is 1. The number of nitrogens with one attached hydrogen (secondary N) is 5. The largest absolute Gasteiger partial charge is 0.391 e. The number of carbonyl (C=O) groups excluding carboxylic acids is 6. The number of ether oxygens (including phenoxy) is 2. The first kappa shape index (κ1) is 65.0. The van der Waals surface area contributed by atoms with E-state index < -0.39 is 59.2 Å². The van der Waals surface area contributed by atoms with Crippen LogP contribution in [0.4, 0.5) is 17.2 Å². The van der Waals surface area contributed by atoms with Gasteiger partial charge >= 0.3 is 0 Å². The maximum absolute atomic E-state index is 14.0. The van der Waals surface area contributed by atoms with Crippen LogP contribution in [0.3, 0.4) is 0 Å². The fourth-order valence-corrected chi connectivity index (χ4v) is 9.42. The number of halogens is 3. The van der Waals surface area contributed by atoms with Crippen LogP contribution < -0.4 is 43.0 Å². The summed E-state index contributed by atoms with van der Waals surface area (Å²) >= 11 is 1.56. The third-order valence-electron chi connectivity index (χ3n) is 12.9. The lowest BCUT2D eigenvalue weighted by atomic mass is 9.85. The van der Waals surface area contributed by atoms with Crippen molar-refractivity contribution >= 4 is 101 Å². The van der Waals surface area contributed by atoms with Crippen molar-refractivity contribution in [3.8, 4) is 21.7 Å². The first-order chi connectivity index (χ1) is 36.4. The number of aryl methyl sites for hydroxylation is 1. The van der Waals surface area contributed by atoms with Crippen molar-refractivity contribution in [2.75, 3.05) is 68.6 Å². The molecule has 0 saturated carbocycles. The van der Waals surface area contributed by atoms with Gasteiger partial charge in [-0.15, -0.1) is 48.6 Å². The molecule has 2 fully saturated rings. The SMILES string of the molecule is Cc1ncsc1-c1ccc(CNC(=O)[C@@H]2C[C@@H](O)CN2C(=O)[C@@H](NC(=O)CCOCCNC(=O)CC[C@H](N)C(=O)NCc2ccc(-c3cnc(N)c(C(=O)Nc4cnccc4N4CCOCC4)n3)cc2)C(C)(C)C)cc1.Cl.Cl.Cl. The highest BCUT2D eigenvalue weighted by Gasteiger charge is 2.44. The normalized spacial score (nSPS) is 15.7. The Morgan fingerprint density at radius 1 is 0.861 bits per heavy atom. The molecule has 7 rings (SSSR count). The van der Waals surface area contributed by atoms with E-state index in [9.17, 15) is 33.9 Å². The zero-order valence-corrected chi connectivity index (χ0v) is 47.7. The van der Waals surface area contributed by atoms with Crippen LogP contribution >= 0.6 is 48.6 Å². The molecule has 0 bridgehead atoms. The van der Waals surface area contributed by atoms with Crippen LogP contribution in [0.1, 0.15) is 73.8 Å². The van der Waals surface area contributed by atoms with E-state index in [1.54, 1.807) is 53.5 Å². The molecule has 6 amide bonds. The number of benzene rings is 2. The lowest BCUT2D eigenvalue weighted by Crippen LogP contribution is -2.57. The van der Waals surface area contributed by atoms with Gasteiger partial charge in [-0.3, -0.25) is 33.8 Å². The van der Waals surface area contributed by atoms with Crippen molar-refractivity contribution in [3.05, 3.63) is 101 Å². The standard InChI is InChI=1S/C53H67N13O9S.3ClH/c1-32-46(76-31-61-32)36-11-7-34(8-12-36)27-60-50(71)42-25-37(67)30-66(42)52(73)47(53(2,3)4)64-44(69)16-21-74-22-18-57-43(68)14-13-38(54)49(70)59-26-33-5-9-35(10-6-33)39-29-58-48(55)45(62-39)51(72)63-40-28-56-17-15-41(40)65-19-23-75-24-20-65;;;/h5-12,15,17,28-29,31,37-38,42,47,67H,13-14,16,18-27,30,54H2,1-4H3,(H2,55,58)(H,57,68)(H,59,70)(H,60,71)(H,63,72)(H,64,69);3*1H/t37-,38+,42+,47-;;;/m1.../s1. The number of likely N-dealkylation sites (tertiary alicyclic amines) is 1. The molecule has 79 heavy (non-hydrogen) atoms. The Kier molecular flexibility index (Phi) is 25.2. The van der Waals surface area contributed by atoms with E-state index in [1.165, 1.54) is 11.1 Å². The van der Waals surface area contributed by atoms with E-state index in [2.05, 4.69) is 51.4 Å². The minimum Gasteiger partial charge on any atom is -0.391 e. The number of aliphatic hydroxyl groups is 1. The summed E-state index contributed by atoms with van der Waals surface area (Å²) in [5.74, 6) is -2.64. The smallest absolute Gasteiger partial charge is 0.278 e. The number of anilines is 3. The third kappa shape index (κ3) is 18.2. The summed E-state index contributed by atoms with van der Waals surface area (Å²) in [6.45, 7) is 10.5. The van der Waals surface area contributed by atoms with Gasteiger partial charge in [0.05, 0.1) is 84.1 Å². The summed E-state index contributed by atoms with van der Waals surface area (Å²) in [7, 11) is 0. The van der Waals surface area contributed by atoms with Crippen molar-refractivity contribution in [2.45, 2.75) is 90.7 Å². The summed E-state index contributed by atoms with van der Waals surface area (Å²) in [5.41, 5.74) is 19.3. The average molecular weight is 1170 g/mol. The van der Waals surface area contributed by atoms with E-state index >= 15 is 0 Å². The van der Waals surface area contributed by atoms with Crippen molar-refractivity contribution in [2.24, 2.45) is 11.1 Å². The molecule has 3 aromatic heterocycles. The molecule has 5 heterocycles. The monoisotopic (exact) mass is 1170 g/mol. The van der Waals surface area contributed by atoms with E-state index in [1.807, 2.05) is 58.0 Å². The van der Waals surface area contributed by atoms with Crippen molar-refractivity contribution in [1.82, 2.24) is 46.1 Å². The maximum atomic E-state index is 14.0. The highest BCUT2D eigenvalue weighted by atomic mass is 35.5. The minimum atomic E-state index is -0.993. The molecule has 2 aromatic carbocycles. The molecule has 2 aliphatic rings. The predicted octanol–water partition coefficient (Wildman–Crippen LogP) is 3.96.